The molecule has 0 atom stereocenters. The van der Waals surface area contributed by atoms with Crippen molar-refractivity contribution in [3.8, 4) is 0 Å². The van der Waals surface area contributed by atoms with Crippen molar-refractivity contribution in [3.63, 3.8) is 0 Å². The Hall–Kier alpha value is -2.60. The van der Waals surface area contributed by atoms with Crippen molar-refractivity contribution >= 4 is 24.2 Å². The van der Waals surface area contributed by atoms with E-state index in [0.29, 0.717) is 13.2 Å². The van der Waals surface area contributed by atoms with Crippen LogP contribution in [0.1, 0.15) is 0 Å². The smallest absolute Gasteiger partial charge is 0.373 e. The maximum atomic E-state index is 10.9. The lowest BCUT2D eigenvalue weighted by atomic mass is 10.5. The highest BCUT2D eigenvalue weighted by Gasteiger charge is 1.99. The van der Waals surface area contributed by atoms with Gasteiger partial charge in [0.05, 0.1) is 7.11 Å². The molecule has 112 valence electrons. The predicted octanol–water partition coefficient (Wildman–Crippen LogP) is -1.35. The minimum absolute atomic E-state index is 0.250. The zero-order valence-corrected chi connectivity index (χ0v) is 11.3. The number of ether oxygens (including phenoxy) is 2. The molecule has 0 aliphatic carbocycles. The van der Waals surface area contributed by atoms with Crippen molar-refractivity contribution in [2.45, 2.75) is 0 Å². The lowest BCUT2D eigenvalue weighted by Gasteiger charge is -2.08. The van der Waals surface area contributed by atoms with Crippen LogP contribution in [0.15, 0.2) is 12.2 Å². The first kappa shape index (κ1) is 22.6. The van der Waals surface area contributed by atoms with Crippen molar-refractivity contribution in [1.82, 2.24) is 4.90 Å². The molecule has 20 heavy (non-hydrogen) atoms. The first-order valence-electron chi connectivity index (χ1n) is 4.95. The number of hydrogen-bond acceptors (Lipinski definition) is 9. The molecule has 0 aromatic carbocycles. The van der Waals surface area contributed by atoms with E-state index in [4.69, 9.17) is 23.9 Å². The summed E-state index contributed by atoms with van der Waals surface area (Å²) in [5.74, 6) is -1.12. The van der Waals surface area contributed by atoms with Crippen LogP contribution in [-0.4, -0.2) is 63.5 Å². The molecule has 0 spiro atoms. The number of rotatable bonds is 5. The van der Waals surface area contributed by atoms with E-state index in [2.05, 4.69) is 4.74 Å². The lowest BCUT2D eigenvalue weighted by Crippen LogP contribution is -2.19. The summed E-state index contributed by atoms with van der Waals surface area (Å²) in [6, 6.07) is 0. The number of hydrogen-bond donors (Lipinski definition) is 0. The van der Waals surface area contributed by atoms with Gasteiger partial charge in [-0.2, -0.15) is 19.2 Å². The number of likely N-dealkylation sites (N-methyl/N-ethyl adjacent to an activating group) is 1. The average molecular weight is 289 g/mol. The minimum Gasteiger partial charge on any atom is -0.466 e. The highest BCUT2D eigenvalue weighted by Crippen LogP contribution is 1.85. The quantitative estimate of drug-likeness (QED) is 0.446. The van der Waals surface area contributed by atoms with E-state index >= 15 is 0 Å². The summed E-state index contributed by atoms with van der Waals surface area (Å²) < 4.78 is 9.07. The molecule has 0 aliphatic rings. The molecule has 0 amide bonds. The number of esters is 2. The molecule has 0 unspecified atom stereocenters. The Morgan fingerprint density at radius 3 is 1.75 bits per heavy atom. The van der Waals surface area contributed by atoms with Crippen molar-refractivity contribution in [2.75, 3.05) is 34.4 Å². The molecule has 0 saturated carbocycles. The monoisotopic (exact) mass is 289 g/mol. The molecule has 0 N–H and O–H groups in total. The molecule has 0 aromatic heterocycles. The van der Waals surface area contributed by atoms with E-state index in [1.54, 1.807) is 0 Å². The van der Waals surface area contributed by atoms with Gasteiger partial charge in [-0.05, 0) is 14.1 Å². The van der Waals surface area contributed by atoms with Gasteiger partial charge in [0.15, 0.2) is 0 Å². The fourth-order valence-electron chi connectivity index (χ4n) is 0.581. The molecule has 0 bridgehead atoms. The summed E-state index contributed by atoms with van der Waals surface area (Å²) in [4.78, 5) is 55.9. The van der Waals surface area contributed by atoms with E-state index in [1.165, 1.54) is 7.11 Å². The van der Waals surface area contributed by atoms with Crippen LogP contribution in [0.3, 0.4) is 0 Å². The highest BCUT2D eigenvalue weighted by atomic mass is 16.5. The third-order valence-electron chi connectivity index (χ3n) is 1.34. The summed E-state index contributed by atoms with van der Waals surface area (Å²) >= 11 is 0. The molecule has 0 radical (unpaired) electrons. The molecule has 0 fully saturated rings. The topological polar surface area (TPSA) is 124 Å². The Labute approximate surface area is 115 Å². The highest BCUT2D eigenvalue weighted by molar-refractivity contribution is 5.91. The van der Waals surface area contributed by atoms with Gasteiger partial charge in [0, 0.05) is 18.7 Å². The van der Waals surface area contributed by atoms with E-state index < -0.39 is 11.9 Å². The number of nitrogens with zero attached hydrogens (tertiary/aromatic N) is 1. The van der Waals surface area contributed by atoms with Crippen LogP contribution < -0.4 is 0 Å². The third kappa shape index (κ3) is 29.5. The summed E-state index contributed by atoms with van der Waals surface area (Å²) in [7, 11) is 4.99. The van der Waals surface area contributed by atoms with E-state index in [1.807, 2.05) is 19.0 Å². The Kier molecular flexibility index (Phi) is 21.2. The van der Waals surface area contributed by atoms with E-state index in [0.717, 1.165) is 12.2 Å². The maximum absolute atomic E-state index is 10.9. The van der Waals surface area contributed by atoms with Crippen molar-refractivity contribution in [1.29, 1.82) is 0 Å². The molecule has 0 rings (SSSR count). The van der Waals surface area contributed by atoms with Crippen LogP contribution in [0.5, 0.6) is 0 Å². The summed E-state index contributed by atoms with van der Waals surface area (Å²) in [6.45, 7) is 0.954. The molecule has 9 heteroatoms. The van der Waals surface area contributed by atoms with Gasteiger partial charge in [0.2, 0.25) is 0 Å². The van der Waals surface area contributed by atoms with Gasteiger partial charge in [-0.25, -0.2) is 9.59 Å². The molecular weight excluding hydrogens is 274 g/mol. The lowest BCUT2D eigenvalue weighted by molar-refractivity contribution is -0.193. The molecule has 9 nitrogen and oxygen atoms in total. The Balaban J connectivity index is -0.000000408. The van der Waals surface area contributed by atoms with Gasteiger partial charge in [0.25, 0.3) is 0 Å². The van der Waals surface area contributed by atoms with Crippen molar-refractivity contribution in [2.24, 2.45) is 0 Å². The van der Waals surface area contributed by atoms with Gasteiger partial charge in [-0.1, -0.05) is 0 Å². The second-order valence-electron chi connectivity index (χ2n) is 2.99. The molecule has 0 heterocycles. The zero-order chi connectivity index (χ0) is 16.4. The molecule has 0 aromatic rings. The van der Waals surface area contributed by atoms with Gasteiger partial charge in [-0.3, -0.25) is 0 Å². The normalized spacial score (nSPS) is 8.20. The van der Waals surface area contributed by atoms with Crippen LogP contribution >= 0.6 is 0 Å². The van der Waals surface area contributed by atoms with Crippen LogP contribution in [0.4, 0.5) is 0 Å². The van der Waals surface area contributed by atoms with Crippen LogP contribution in [-0.2, 0) is 38.2 Å². The average Bonchev–Trinajstić information content (AvgIpc) is 2.37. The summed E-state index contributed by atoms with van der Waals surface area (Å²) in [5, 5.41) is 0. The number of carbonyl (C=O) groups is 2. The van der Waals surface area contributed by atoms with Crippen molar-refractivity contribution < 1.29 is 38.2 Å². The van der Waals surface area contributed by atoms with Gasteiger partial charge in [0.1, 0.15) is 6.61 Å². The Bertz CT molecular complexity index is 351. The van der Waals surface area contributed by atoms with Crippen LogP contribution in [0, 0.1) is 0 Å². The van der Waals surface area contributed by atoms with Crippen LogP contribution in [0.25, 0.3) is 0 Å². The third-order valence-corrected chi connectivity index (χ3v) is 1.34. The van der Waals surface area contributed by atoms with Crippen LogP contribution in [0.2, 0.25) is 0 Å². The number of carbonyl (C=O) groups excluding carboxylic acids is 6. The number of methoxy groups -OCH3 is 1. The fraction of sp³-hybridized carbons (Fsp3) is 0.455. The van der Waals surface area contributed by atoms with Gasteiger partial charge in [-0.15, -0.1) is 0 Å². The largest absolute Gasteiger partial charge is 0.466 e. The molecule has 0 saturated heterocycles. The first-order valence-corrected chi connectivity index (χ1v) is 4.95. The van der Waals surface area contributed by atoms with E-state index in [-0.39, 0.29) is 12.3 Å². The predicted molar refractivity (Wildman–Crippen MR) is 60.7 cm³/mol. The summed E-state index contributed by atoms with van der Waals surface area (Å²) in [5.41, 5.74) is 0. The first-order chi connectivity index (χ1) is 9.39. The molecular formula is C11H15NO8. The standard InChI is InChI=1S/C9H15NO4.2CO2/c1-10(2)6-7-14-9(12)5-4-8(11)13-3;2*2-1-3/h4-5H,6-7H2,1-3H3;;/b5-4+;;. The van der Waals surface area contributed by atoms with Gasteiger partial charge < -0.3 is 14.4 Å². The Morgan fingerprint density at radius 1 is 1.00 bits per heavy atom. The molecule has 0 aliphatic heterocycles. The second kappa shape index (κ2) is 18.8. The maximum Gasteiger partial charge on any atom is 0.373 e. The van der Waals surface area contributed by atoms with Gasteiger partial charge >= 0.3 is 24.2 Å². The Morgan fingerprint density at radius 2 is 1.40 bits per heavy atom. The zero-order valence-electron chi connectivity index (χ0n) is 11.3. The van der Waals surface area contributed by atoms with E-state index in [9.17, 15) is 9.59 Å². The SMILES string of the molecule is COC(=O)/C=C/C(=O)OCCN(C)C.O=C=O.O=C=O. The minimum atomic E-state index is -0.574. The second-order valence-corrected chi connectivity index (χ2v) is 2.99. The fourth-order valence-corrected chi connectivity index (χ4v) is 0.581. The summed E-state index contributed by atoms with van der Waals surface area (Å²) in [6.07, 6.45) is 2.57. The van der Waals surface area contributed by atoms with Crippen molar-refractivity contribution in [3.05, 3.63) is 12.2 Å².